The first-order valence-corrected chi connectivity index (χ1v) is 10.9. The molecule has 1 aromatic heterocycles. The summed E-state index contributed by atoms with van der Waals surface area (Å²) >= 11 is -1.17. The van der Waals surface area contributed by atoms with Gasteiger partial charge in [-0.2, -0.15) is 0 Å². The SMILES string of the molecule is CC(C)(C)n1nnc(-c2cccc[c]2[Zn][Cl])n1. The molecule has 0 spiro atoms. The van der Waals surface area contributed by atoms with E-state index in [1.807, 2.05) is 39.0 Å². The third-order valence-electron chi connectivity index (χ3n) is 2.42. The molecule has 17 heavy (non-hydrogen) atoms. The van der Waals surface area contributed by atoms with E-state index in [1.165, 1.54) is 4.16 Å². The van der Waals surface area contributed by atoms with E-state index in [4.69, 9.17) is 9.69 Å². The van der Waals surface area contributed by atoms with Crippen LogP contribution in [-0.2, 0) is 21.7 Å². The van der Waals surface area contributed by atoms with Gasteiger partial charge in [-0.25, -0.2) is 0 Å². The zero-order chi connectivity index (χ0) is 12.5. The molecule has 0 atom stereocenters. The summed E-state index contributed by atoms with van der Waals surface area (Å²) < 4.78 is 1.20. The molecule has 0 saturated heterocycles. The molecule has 2 aromatic rings. The molecule has 6 heteroatoms. The molecule has 0 aliphatic rings. The summed E-state index contributed by atoms with van der Waals surface area (Å²) in [5.74, 6) is 0.668. The first-order valence-electron chi connectivity index (χ1n) is 5.47. The van der Waals surface area contributed by atoms with Crippen LogP contribution in [0.1, 0.15) is 20.8 Å². The Labute approximate surface area is 112 Å². The van der Waals surface area contributed by atoms with E-state index < -0.39 is 16.1 Å². The number of nitrogens with zero attached hydrogens (tertiary/aromatic N) is 4. The summed E-state index contributed by atoms with van der Waals surface area (Å²) in [7, 11) is 6.08. The minimum atomic E-state index is -1.17. The second-order valence-electron chi connectivity index (χ2n) is 4.86. The average Bonchev–Trinajstić information content (AvgIpc) is 2.77. The van der Waals surface area contributed by atoms with Gasteiger partial charge in [-0.05, 0) is 0 Å². The standard InChI is InChI=1S/C11H13N4.ClH.Zn/c1-11(2,3)15-13-10(12-14-15)9-7-5-4-6-8-9;;/h4-7H,1-3H3;1H;/q;;+1/p-1. The molecule has 0 aliphatic carbocycles. The number of halogens is 1. The molecule has 1 heterocycles. The van der Waals surface area contributed by atoms with Crippen LogP contribution in [0.4, 0.5) is 0 Å². The Balaban J connectivity index is 2.44. The van der Waals surface area contributed by atoms with E-state index in [1.54, 1.807) is 4.80 Å². The van der Waals surface area contributed by atoms with Gasteiger partial charge in [-0.15, -0.1) is 0 Å². The van der Waals surface area contributed by atoms with E-state index in [2.05, 4.69) is 21.5 Å². The van der Waals surface area contributed by atoms with Crippen LogP contribution in [-0.4, -0.2) is 20.2 Å². The number of aromatic nitrogens is 4. The molecule has 0 N–H and O–H groups in total. The molecular weight excluding hydrogens is 289 g/mol. The van der Waals surface area contributed by atoms with Gasteiger partial charge in [0.2, 0.25) is 0 Å². The number of hydrogen-bond acceptors (Lipinski definition) is 3. The summed E-state index contributed by atoms with van der Waals surface area (Å²) in [6.45, 7) is 6.14. The van der Waals surface area contributed by atoms with Gasteiger partial charge < -0.3 is 0 Å². The van der Waals surface area contributed by atoms with E-state index in [0.29, 0.717) is 5.82 Å². The van der Waals surface area contributed by atoms with Crippen molar-refractivity contribution in [2.75, 3.05) is 0 Å². The van der Waals surface area contributed by atoms with Gasteiger partial charge in [-0.1, -0.05) is 0 Å². The number of tetrazole rings is 1. The molecular formula is C11H13ClN4Zn. The maximum absolute atomic E-state index is 6.08. The Kier molecular flexibility index (Phi) is 3.59. The van der Waals surface area contributed by atoms with Crippen molar-refractivity contribution in [2.24, 2.45) is 0 Å². The fraction of sp³-hybridized carbons (Fsp3) is 0.364. The molecule has 2 rings (SSSR count). The van der Waals surface area contributed by atoms with Crippen LogP contribution in [0.25, 0.3) is 11.4 Å². The molecule has 1 aromatic carbocycles. The second-order valence-corrected chi connectivity index (χ2v) is 8.41. The van der Waals surface area contributed by atoms with Gasteiger partial charge >= 0.3 is 112 Å². The number of rotatable bonds is 2. The normalized spacial score (nSPS) is 11.3. The summed E-state index contributed by atoms with van der Waals surface area (Å²) in [6.07, 6.45) is 0. The Hall–Kier alpha value is -0.797. The van der Waals surface area contributed by atoms with Gasteiger partial charge in [0.05, 0.1) is 0 Å². The van der Waals surface area contributed by atoms with Gasteiger partial charge in [0.25, 0.3) is 0 Å². The summed E-state index contributed by atoms with van der Waals surface area (Å²) in [4.78, 5) is 1.64. The van der Waals surface area contributed by atoms with Gasteiger partial charge in [0, 0.05) is 0 Å². The van der Waals surface area contributed by atoms with Crippen molar-refractivity contribution in [3.05, 3.63) is 24.3 Å². The summed E-state index contributed by atoms with van der Waals surface area (Å²) in [6, 6.07) is 8.04. The molecule has 0 unspecified atom stereocenters. The van der Waals surface area contributed by atoms with Gasteiger partial charge in [0.15, 0.2) is 0 Å². The van der Waals surface area contributed by atoms with E-state index >= 15 is 0 Å². The topological polar surface area (TPSA) is 43.6 Å². The molecule has 4 nitrogen and oxygen atoms in total. The van der Waals surface area contributed by atoms with E-state index in [-0.39, 0.29) is 5.54 Å². The third-order valence-corrected chi connectivity index (χ3v) is 5.81. The molecule has 0 bridgehead atoms. The van der Waals surface area contributed by atoms with Crippen molar-refractivity contribution >= 4 is 13.8 Å². The predicted molar refractivity (Wildman–Crippen MR) is 63.7 cm³/mol. The monoisotopic (exact) mass is 300 g/mol. The van der Waals surface area contributed by atoms with Crippen LogP contribution in [0.15, 0.2) is 24.3 Å². The average molecular weight is 302 g/mol. The molecule has 0 aliphatic heterocycles. The van der Waals surface area contributed by atoms with Crippen LogP contribution in [0.5, 0.6) is 0 Å². The fourth-order valence-electron chi connectivity index (χ4n) is 1.46. The van der Waals surface area contributed by atoms with Crippen LogP contribution >= 0.6 is 9.69 Å². The molecule has 0 fully saturated rings. The predicted octanol–water partition coefficient (Wildman–Crippen LogP) is 1.96. The van der Waals surface area contributed by atoms with Crippen LogP contribution in [0.2, 0.25) is 0 Å². The summed E-state index contributed by atoms with van der Waals surface area (Å²) in [5, 5.41) is 12.6. The van der Waals surface area contributed by atoms with Crippen LogP contribution in [0, 0.1) is 0 Å². The second kappa shape index (κ2) is 4.83. The van der Waals surface area contributed by atoms with Gasteiger partial charge in [-0.3, -0.25) is 0 Å². The first kappa shape index (κ1) is 12.7. The summed E-state index contributed by atoms with van der Waals surface area (Å²) in [5.41, 5.74) is 0.876. The van der Waals surface area contributed by atoms with Crippen LogP contribution in [0.3, 0.4) is 0 Å². The van der Waals surface area contributed by atoms with Crippen molar-refractivity contribution < 1.29 is 16.1 Å². The van der Waals surface area contributed by atoms with Crippen molar-refractivity contribution in [3.63, 3.8) is 0 Å². The van der Waals surface area contributed by atoms with E-state index in [0.717, 1.165) is 5.56 Å². The zero-order valence-corrected chi connectivity index (χ0v) is 13.9. The first-order chi connectivity index (χ1) is 8.02. The Morgan fingerprint density at radius 2 is 1.94 bits per heavy atom. The molecule has 0 amide bonds. The Morgan fingerprint density at radius 1 is 1.24 bits per heavy atom. The Bertz CT molecular complexity index is 518. The van der Waals surface area contributed by atoms with Crippen molar-refractivity contribution in [1.82, 2.24) is 20.2 Å². The van der Waals surface area contributed by atoms with Gasteiger partial charge in [0.1, 0.15) is 0 Å². The number of benzene rings is 1. The van der Waals surface area contributed by atoms with Crippen molar-refractivity contribution in [2.45, 2.75) is 26.3 Å². The van der Waals surface area contributed by atoms with Crippen molar-refractivity contribution in [3.8, 4) is 11.4 Å². The minimum absolute atomic E-state index is 0.150. The van der Waals surface area contributed by atoms with Crippen LogP contribution < -0.4 is 4.16 Å². The third kappa shape index (κ3) is 2.72. The fourth-order valence-corrected chi connectivity index (χ4v) is 4.03. The zero-order valence-electron chi connectivity index (χ0n) is 10.2. The van der Waals surface area contributed by atoms with Crippen molar-refractivity contribution in [1.29, 1.82) is 0 Å². The molecule has 0 saturated carbocycles. The number of hydrogen-bond donors (Lipinski definition) is 0. The quantitative estimate of drug-likeness (QED) is 0.797. The Morgan fingerprint density at radius 3 is 2.53 bits per heavy atom. The molecule has 86 valence electrons. The molecule has 0 radical (unpaired) electrons. The van der Waals surface area contributed by atoms with E-state index in [9.17, 15) is 0 Å². The maximum atomic E-state index is 6.08.